The molecule has 106 valence electrons. The summed E-state index contributed by atoms with van der Waals surface area (Å²) in [6, 6.07) is 0. The fraction of sp³-hybridized carbons (Fsp3) is 0.500. The molecule has 0 radical (unpaired) electrons. The quantitative estimate of drug-likeness (QED) is 0.923. The van der Waals surface area contributed by atoms with Crippen molar-refractivity contribution < 1.29 is 9.26 Å². The third kappa shape index (κ3) is 2.88. The Labute approximate surface area is 120 Å². The highest BCUT2D eigenvalue weighted by Gasteiger charge is 2.33. The Balaban J connectivity index is 1.63. The van der Waals surface area contributed by atoms with Gasteiger partial charge in [-0.05, 0) is 13.3 Å². The van der Waals surface area contributed by atoms with Gasteiger partial charge in [0.05, 0.1) is 17.4 Å². The summed E-state index contributed by atoms with van der Waals surface area (Å²) in [6.45, 7) is 3.14. The van der Waals surface area contributed by atoms with E-state index >= 15 is 0 Å². The number of anilines is 1. The number of hydrogen-bond acceptors (Lipinski definition) is 7. The van der Waals surface area contributed by atoms with Crippen molar-refractivity contribution in [1.29, 1.82) is 0 Å². The zero-order chi connectivity index (χ0) is 13.9. The summed E-state index contributed by atoms with van der Waals surface area (Å²) in [6.07, 6.45) is 3.87. The molecule has 2 atom stereocenters. The van der Waals surface area contributed by atoms with Crippen LogP contribution in [-0.2, 0) is 4.74 Å². The number of hydrogen-bond donors (Lipinski definition) is 1. The molecule has 1 N–H and O–H groups in total. The van der Waals surface area contributed by atoms with Gasteiger partial charge < -0.3 is 14.6 Å². The van der Waals surface area contributed by atoms with Gasteiger partial charge in [0.25, 0.3) is 5.89 Å². The summed E-state index contributed by atoms with van der Waals surface area (Å²) in [5, 5.41) is 7.48. The molecule has 8 heteroatoms. The average Bonchev–Trinajstić information content (AvgIpc) is 3.06. The molecule has 3 rings (SSSR count). The van der Waals surface area contributed by atoms with Crippen LogP contribution in [0.25, 0.3) is 0 Å². The number of halogens is 1. The van der Waals surface area contributed by atoms with Crippen molar-refractivity contribution in [1.82, 2.24) is 20.1 Å². The van der Waals surface area contributed by atoms with E-state index in [0.717, 1.165) is 6.42 Å². The summed E-state index contributed by atoms with van der Waals surface area (Å²) in [5.74, 6) is 1.93. The molecule has 1 aliphatic heterocycles. The smallest absolute Gasteiger partial charge is 0.256 e. The Morgan fingerprint density at radius 2 is 2.20 bits per heavy atom. The van der Waals surface area contributed by atoms with Crippen molar-refractivity contribution >= 4 is 17.5 Å². The molecule has 0 aromatic carbocycles. The van der Waals surface area contributed by atoms with Crippen LogP contribution in [0.1, 0.15) is 24.2 Å². The molecular weight excluding hydrogens is 282 g/mol. The molecule has 1 fully saturated rings. The maximum absolute atomic E-state index is 5.74. The van der Waals surface area contributed by atoms with Gasteiger partial charge in [-0.15, -0.1) is 0 Å². The maximum Gasteiger partial charge on any atom is 0.256 e. The van der Waals surface area contributed by atoms with Crippen molar-refractivity contribution in [3.05, 3.63) is 29.1 Å². The van der Waals surface area contributed by atoms with Gasteiger partial charge in [-0.25, -0.2) is 9.97 Å². The van der Waals surface area contributed by atoms with Gasteiger partial charge in [0.15, 0.2) is 5.82 Å². The second-order valence-electron chi connectivity index (χ2n) is 4.63. The summed E-state index contributed by atoms with van der Waals surface area (Å²) in [5.41, 5.74) is 0. The summed E-state index contributed by atoms with van der Waals surface area (Å²) in [7, 11) is 0. The molecule has 0 unspecified atom stereocenters. The van der Waals surface area contributed by atoms with Crippen LogP contribution in [0.3, 0.4) is 0 Å². The predicted molar refractivity (Wildman–Crippen MR) is 71.4 cm³/mol. The first-order valence-electron chi connectivity index (χ1n) is 6.35. The van der Waals surface area contributed by atoms with Crippen molar-refractivity contribution in [3.63, 3.8) is 0 Å². The minimum absolute atomic E-state index is 0.170. The molecule has 0 aliphatic carbocycles. The van der Waals surface area contributed by atoms with Crippen LogP contribution in [0, 0.1) is 12.8 Å². The van der Waals surface area contributed by atoms with E-state index < -0.39 is 0 Å². The molecular formula is C12H14ClN5O2. The van der Waals surface area contributed by atoms with Gasteiger partial charge in [0.2, 0.25) is 5.95 Å². The van der Waals surface area contributed by atoms with E-state index in [4.69, 9.17) is 20.9 Å². The van der Waals surface area contributed by atoms with Crippen molar-refractivity contribution in [3.8, 4) is 0 Å². The first-order valence-corrected chi connectivity index (χ1v) is 6.73. The topological polar surface area (TPSA) is 86.0 Å². The first kappa shape index (κ1) is 13.3. The fourth-order valence-electron chi connectivity index (χ4n) is 2.17. The second kappa shape index (κ2) is 5.72. The maximum atomic E-state index is 5.74. The molecule has 0 bridgehead atoms. The molecule has 1 saturated heterocycles. The summed E-state index contributed by atoms with van der Waals surface area (Å²) >= 11 is 5.74. The predicted octanol–water partition coefficient (Wildman–Crippen LogP) is 2.01. The SMILES string of the molecule is Cc1noc([C@H]2OCC[C@H]2CNc2ncc(Cl)cn2)n1. The van der Waals surface area contributed by atoms with Crippen LogP contribution in [0.15, 0.2) is 16.9 Å². The van der Waals surface area contributed by atoms with E-state index in [-0.39, 0.29) is 12.0 Å². The lowest BCUT2D eigenvalue weighted by Gasteiger charge is -2.15. The lowest BCUT2D eigenvalue weighted by molar-refractivity contribution is 0.0649. The molecule has 20 heavy (non-hydrogen) atoms. The third-order valence-electron chi connectivity index (χ3n) is 3.14. The van der Waals surface area contributed by atoms with Crippen LogP contribution in [0.5, 0.6) is 0 Å². The van der Waals surface area contributed by atoms with E-state index in [1.54, 1.807) is 19.3 Å². The minimum Gasteiger partial charge on any atom is -0.368 e. The monoisotopic (exact) mass is 295 g/mol. The van der Waals surface area contributed by atoms with Crippen LogP contribution in [-0.4, -0.2) is 33.3 Å². The van der Waals surface area contributed by atoms with Crippen molar-refractivity contribution in [2.75, 3.05) is 18.5 Å². The molecule has 7 nitrogen and oxygen atoms in total. The average molecular weight is 296 g/mol. The van der Waals surface area contributed by atoms with E-state index in [9.17, 15) is 0 Å². The number of aryl methyl sites for hydroxylation is 1. The van der Waals surface area contributed by atoms with Crippen LogP contribution >= 0.6 is 11.6 Å². The standard InChI is InChI=1S/C12H14ClN5O2/c1-7-17-11(20-18-7)10-8(2-3-19-10)4-14-12-15-5-9(13)6-16-12/h5-6,8,10H,2-4H2,1H3,(H,14,15,16)/t8-,10-/m0/s1. The molecule has 1 aliphatic rings. The fourth-order valence-corrected chi connectivity index (χ4v) is 2.27. The van der Waals surface area contributed by atoms with Crippen LogP contribution < -0.4 is 5.32 Å². The zero-order valence-corrected chi connectivity index (χ0v) is 11.7. The molecule has 2 aromatic heterocycles. The first-order chi connectivity index (χ1) is 9.72. The normalized spacial score (nSPS) is 22.1. The van der Waals surface area contributed by atoms with Gasteiger partial charge in [0, 0.05) is 19.1 Å². The number of rotatable bonds is 4. The molecule has 0 saturated carbocycles. The van der Waals surface area contributed by atoms with Gasteiger partial charge >= 0.3 is 0 Å². The number of aromatic nitrogens is 4. The number of nitrogens with zero attached hydrogens (tertiary/aromatic N) is 4. The molecule has 0 amide bonds. The lowest BCUT2D eigenvalue weighted by Crippen LogP contribution is -2.19. The Kier molecular flexibility index (Phi) is 3.79. The third-order valence-corrected chi connectivity index (χ3v) is 3.34. The van der Waals surface area contributed by atoms with E-state index in [1.807, 2.05) is 0 Å². The minimum atomic E-state index is -0.170. The van der Waals surface area contributed by atoms with E-state index in [0.29, 0.717) is 35.8 Å². The number of nitrogens with one attached hydrogen (secondary N) is 1. The Morgan fingerprint density at radius 1 is 1.40 bits per heavy atom. The van der Waals surface area contributed by atoms with Gasteiger partial charge in [-0.3, -0.25) is 0 Å². The Hall–Kier alpha value is -1.73. The highest BCUT2D eigenvalue weighted by Crippen LogP contribution is 2.33. The van der Waals surface area contributed by atoms with Crippen molar-refractivity contribution in [2.45, 2.75) is 19.4 Å². The van der Waals surface area contributed by atoms with Crippen LogP contribution in [0.4, 0.5) is 5.95 Å². The highest BCUT2D eigenvalue weighted by molar-refractivity contribution is 6.30. The van der Waals surface area contributed by atoms with Gasteiger partial charge in [-0.1, -0.05) is 16.8 Å². The van der Waals surface area contributed by atoms with Crippen LogP contribution in [0.2, 0.25) is 5.02 Å². The number of ether oxygens (including phenoxy) is 1. The largest absolute Gasteiger partial charge is 0.368 e. The Bertz CT molecular complexity index is 573. The van der Waals surface area contributed by atoms with Crippen molar-refractivity contribution in [2.24, 2.45) is 5.92 Å². The summed E-state index contributed by atoms with van der Waals surface area (Å²) in [4.78, 5) is 12.4. The van der Waals surface area contributed by atoms with Gasteiger partial charge in [-0.2, -0.15) is 4.98 Å². The second-order valence-corrected chi connectivity index (χ2v) is 5.06. The highest BCUT2D eigenvalue weighted by atomic mass is 35.5. The zero-order valence-electron chi connectivity index (χ0n) is 10.9. The van der Waals surface area contributed by atoms with E-state index in [2.05, 4.69) is 25.4 Å². The van der Waals surface area contributed by atoms with Gasteiger partial charge in [0.1, 0.15) is 6.10 Å². The summed E-state index contributed by atoms with van der Waals surface area (Å²) < 4.78 is 10.9. The Morgan fingerprint density at radius 3 is 2.90 bits per heavy atom. The lowest BCUT2D eigenvalue weighted by atomic mass is 10.0. The molecule has 0 spiro atoms. The molecule has 3 heterocycles. The molecule has 2 aromatic rings. The van der Waals surface area contributed by atoms with E-state index in [1.165, 1.54) is 0 Å².